The van der Waals surface area contributed by atoms with Crippen LogP contribution in [0.2, 0.25) is 0 Å². The highest BCUT2D eigenvalue weighted by Crippen LogP contribution is 2.16. The fourth-order valence-corrected chi connectivity index (χ4v) is 1.24. The largest absolute Gasteiger partial charge is 0.284 e. The Morgan fingerprint density at radius 3 is 2.92 bits per heavy atom. The molecule has 1 aromatic rings. The molecular weight excluding hydrogens is 175 g/mol. The van der Waals surface area contributed by atoms with Gasteiger partial charge in [-0.05, 0) is 5.56 Å². The van der Waals surface area contributed by atoms with Crippen LogP contribution in [-0.4, -0.2) is 4.92 Å². The van der Waals surface area contributed by atoms with Crippen molar-refractivity contribution in [3.8, 4) is 0 Å². The van der Waals surface area contributed by atoms with Crippen molar-refractivity contribution in [2.45, 2.75) is 6.16 Å². The Kier molecular flexibility index (Phi) is 2.88. The maximum absolute atomic E-state index is 10.3. The van der Waals surface area contributed by atoms with Crippen molar-refractivity contribution in [1.82, 2.24) is 0 Å². The summed E-state index contributed by atoms with van der Waals surface area (Å²) in [6, 6.07) is 6.37. The molecule has 5 heteroatoms. The van der Waals surface area contributed by atoms with E-state index in [0.29, 0.717) is 14.5 Å². The summed E-state index contributed by atoms with van der Waals surface area (Å²) in [4.78, 5) is 9.89. The lowest BCUT2D eigenvalue weighted by Gasteiger charge is -1.94. The van der Waals surface area contributed by atoms with Crippen molar-refractivity contribution in [3.05, 3.63) is 39.9 Å². The van der Waals surface area contributed by atoms with Crippen molar-refractivity contribution < 1.29 is 4.92 Å². The van der Waals surface area contributed by atoms with Gasteiger partial charge in [0.1, 0.15) is 0 Å². The zero-order valence-electron chi connectivity index (χ0n) is 6.23. The van der Waals surface area contributed by atoms with Gasteiger partial charge >= 0.3 is 0 Å². The maximum atomic E-state index is 10.3. The molecule has 1 rings (SSSR count). The fraction of sp³-hybridized carbons (Fsp3) is 0.143. The number of hydrogen-bond donors (Lipinski definition) is 1. The highest BCUT2D eigenvalue weighted by molar-refractivity contribution is 7.24. The topological polar surface area (TPSA) is 67.0 Å². The Balaban J connectivity index is 2.95. The third kappa shape index (κ3) is 2.10. The second kappa shape index (κ2) is 3.93. The lowest BCUT2D eigenvalue weighted by molar-refractivity contribution is -0.384. The molecule has 0 heterocycles. The molecule has 1 N–H and O–H groups in total. The lowest BCUT2D eigenvalue weighted by Crippen LogP contribution is -1.88. The third-order valence-electron chi connectivity index (χ3n) is 1.38. The molecule has 0 spiro atoms. The minimum absolute atomic E-state index is 0.0937. The number of nitro benzene ring substituents is 1. The van der Waals surface area contributed by atoms with E-state index >= 15 is 0 Å². The van der Waals surface area contributed by atoms with Gasteiger partial charge in [0.15, 0.2) is 0 Å². The summed E-state index contributed by atoms with van der Waals surface area (Å²) in [6.45, 7) is 0. The van der Waals surface area contributed by atoms with Gasteiger partial charge in [-0.25, -0.2) is 0 Å². The van der Waals surface area contributed by atoms with E-state index < -0.39 is 4.92 Å². The van der Waals surface area contributed by atoms with E-state index in [1.165, 1.54) is 12.1 Å². The molecule has 0 radical (unpaired) electrons. The minimum atomic E-state index is -0.426. The Morgan fingerprint density at radius 2 is 2.33 bits per heavy atom. The van der Waals surface area contributed by atoms with Crippen LogP contribution in [0.1, 0.15) is 5.56 Å². The number of nitrogens with one attached hydrogen (secondary N) is 1. The summed E-state index contributed by atoms with van der Waals surface area (Å²) >= 11 is 0. The van der Waals surface area contributed by atoms with Crippen molar-refractivity contribution in [3.63, 3.8) is 0 Å². The minimum Gasteiger partial charge on any atom is -0.284 e. The summed E-state index contributed by atoms with van der Waals surface area (Å²) in [6.07, 6.45) is 0.543. The highest BCUT2D eigenvalue weighted by Gasteiger charge is 2.03. The highest BCUT2D eigenvalue weighted by atomic mass is 31.1. The second-order valence-electron chi connectivity index (χ2n) is 2.24. The lowest BCUT2D eigenvalue weighted by atomic mass is 10.2. The van der Waals surface area contributed by atoms with Crippen molar-refractivity contribution in [1.29, 1.82) is 5.16 Å². The quantitative estimate of drug-likeness (QED) is 0.443. The van der Waals surface area contributed by atoms with Gasteiger partial charge in [0.25, 0.3) is 5.69 Å². The summed E-state index contributed by atoms with van der Waals surface area (Å²) in [7, 11) is 0.478. The second-order valence-corrected chi connectivity index (χ2v) is 2.88. The van der Waals surface area contributed by atoms with Crippen LogP contribution in [0.4, 0.5) is 5.69 Å². The van der Waals surface area contributed by atoms with E-state index in [2.05, 4.69) is 0 Å². The van der Waals surface area contributed by atoms with Gasteiger partial charge in [-0.1, -0.05) is 12.1 Å². The van der Waals surface area contributed by atoms with Crippen LogP contribution in [0.5, 0.6) is 0 Å². The molecule has 0 aromatic heterocycles. The van der Waals surface area contributed by atoms with Crippen LogP contribution in [0.25, 0.3) is 0 Å². The van der Waals surface area contributed by atoms with Gasteiger partial charge in [0, 0.05) is 26.7 Å². The van der Waals surface area contributed by atoms with Gasteiger partial charge in [-0.2, -0.15) is 0 Å². The number of benzene rings is 1. The first kappa shape index (κ1) is 8.81. The fourth-order valence-electron chi connectivity index (χ4n) is 0.860. The molecule has 0 saturated heterocycles. The van der Waals surface area contributed by atoms with Crippen molar-refractivity contribution in [2.24, 2.45) is 0 Å². The molecule has 0 atom stereocenters. The third-order valence-corrected chi connectivity index (χ3v) is 1.91. The van der Waals surface area contributed by atoms with Gasteiger partial charge in [0.05, 0.1) is 4.92 Å². The first-order valence-electron chi connectivity index (χ1n) is 3.30. The molecule has 62 valence electrons. The van der Waals surface area contributed by atoms with Crippen LogP contribution in [0.15, 0.2) is 24.3 Å². The Bertz CT molecular complexity index is 314. The summed E-state index contributed by atoms with van der Waals surface area (Å²) in [5.74, 6) is 0. The first-order chi connectivity index (χ1) is 5.74. The average molecular weight is 182 g/mol. The smallest absolute Gasteiger partial charge is 0.269 e. The number of rotatable bonds is 3. The van der Waals surface area contributed by atoms with Gasteiger partial charge in [-0.15, -0.1) is 0 Å². The number of hydrogen-bond acceptors (Lipinski definition) is 3. The molecule has 1 aromatic carbocycles. The summed E-state index contributed by atoms with van der Waals surface area (Å²) < 4.78 is 0. The Morgan fingerprint density at radius 1 is 1.58 bits per heavy atom. The SMILES string of the molecule is N=PCc1cccc([N+](=O)[O-])c1. The Labute approximate surface area is 71.1 Å². The standard InChI is InChI=1S/C7H7N2O2P/c8-12-5-6-2-1-3-7(4-6)9(10)11/h1-4,8H,5H2. The van der Waals surface area contributed by atoms with E-state index in [-0.39, 0.29) is 5.69 Å². The molecular formula is C7H7N2O2P. The first-order valence-corrected chi connectivity index (χ1v) is 4.38. The summed E-state index contributed by atoms with van der Waals surface area (Å²) in [5, 5.41) is 17.2. The van der Waals surface area contributed by atoms with E-state index in [1.54, 1.807) is 12.1 Å². The number of non-ortho nitro benzene ring substituents is 1. The molecule has 0 aliphatic carbocycles. The van der Waals surface area contributed by atoms with Crippen LogP contribution >= 0.6 is 8.37 Å². The monoisotopic (exact) mass is 182 g/mol. The zero-order valence-corrected chi connectivity index (χ0v) is 7.12. The molecule has 0 aliphatic rings. The van der Waals surface area contributed by atoms with Gasteiger partial charge in [0.2, 0.25) is 0 Å². The van der Waals surface area contributed by atoms with Crippen LogP contribution in [0.3, 0.4) is 0 Å². The van der Waals surface area contributed by atoms with Gasteiger partial charge in [-0.3, -0.25) is 15.3 Å². The van der Waals surface area contributed by atoms with Gasteiger partial charge < -0.3 is 0 Å². The van der Waals surface area contributed by atoms with E-state index in [4.69, 9.17) is 5.16 Å². The molecule has 0 unspecified atom stereocenters. The number of nitrogens with zero attached hydrogens (tertiary/aromatic N) is 1. The zero-order chi connectivity index (χ0) is 8.97. The predicted molar refractivity (Wildman–Crippen MR) is 46.4 cm³/mol. The molecule has 0 fully saturated rings. The van der Waals surface area contributed by atoms with Crippen LogP contribution in [-0.2, 0) is 6.16 Å². The van der Waals surface area contributed by atoms with E-state index in [9.17, 15) is 10.1 Å². The average Bonchev–Trinajstić information content (AvgIpc) is 2.05. The molecule has 0 amide bonds. The molecule has 4 nitrogen and oxygen atoms in total. The van der Waals surface area contributed by atoms with Crippen molar-refractivity contribution >= 4 is 14.1 Å². The molecule has 0 aliphatic heterocycles. The normalized spacial score (nSPS) is 10.0. The summed E-state index contributed by atoms with van der Waals surface area (Å²) in [5.41, 5.74) is 0.928. The molecule has 0 saturated carbocycles. The Hall–Kier alpha value is -1.28. The predicted octanol–water partition coefficient (Wildman–Crippen LogP) is 2.80. The van der Waals surface area contributed by atoms with E-state index in [0.717, 1.165) is 5.56 Å². The molecule has 12 heavy (non-hydrogen) atoms. The number of nitro groups is 1. The van der Waals surface area contributed by atoms with Crippen LogP contribution in [0, 0.1) is 15.3 Å². The molecule has 0 bridgehead atoms. The maximum Gasteiger partial charge on any atom is 0.269 e. The van der Waals surface area contributed by atoms with E-state index in [1.807, 2.05) is 0 Å². The van der Waals surface area contributed by atoms with Crippen molar-refractivity contribution in [2.75, 3.05) is 0 Å². The van der Waals surface area contributed by atoms with Crippen LogP contribution < -0.4 is 0 Å².